The first-order valence-corrected chi connectivity index (χ1v) is 30.1. The molecule has 5 aliphatic carbocycles. The molecule has 0 aromatic rings. The van der Waals surface area contributed by atoms with Gasteiger partial charge in [0.15, 0.2) is 43.7 Å². The molecule has 28 nitrogen and oxygen atoms in total. The van der Waals surface area contributed by atoms with E-state index >= 15 is 4.79 Å². The zero-order valence-corrected chi connectivity index (χ0v) is 49.8. The van der Waals surface area contributed by atoms with Gasteiger partial charge in [0.1, 0.15) is 78.2 Å². The average molecular weight is 1240 g/mol. The van der Waals surface area contributed by atoms with Crippen molar-refractivity contribution in [1.29, 1.82) is 0 Å². The van der Waals surface area contributed by atoms with E-state index in [1.165, 1.54) is 6.92 Å². The van der Waals surface area contributed by atoms with E-state index in [9.17, 15) is 81.4 Å². The van der Waals surface area contributed by atoms with Crippen molar-refractivity contribution in [2.75, 3.05) is 33.0 Å². The topological polar surface area (TPSA) is 439 Å². The van der Waals surface area contributed by atoms with Gasteiger partial charge < -0.3 is 129 Å². The Hall–Kier alpha value is -2.28. The van der Waals surface area contributed by atoms with Gasteiger partial charge in [-0.3, -0.25) is 9.59 Å². The van der Waals surface area contributed by atoms with Crippen molar-refractivity contribution in [2.45, 2.75) is 254 Å². The lowest BCUT2D eigenvalue weighted by atomic mass is 9.33. The van der Waals surface area contributed by atoms with E-state index in [0.29, 0.717) is 32.1 Å². The molecule has 86 heavy (non-hydrogen) atoms. The van der Waals surface area contributed by atoms with Gasteiger partial charge in [-0.05, 0) is 97.7 Å². The molecular formula is C58H92O28. The van der Waals surface area contributed by atoms with Gasteiger partial charge in [-0.1, -0.05) is 53.2 Å². The molecule has 5 aliphatic heterocycles. The predicted octanol–water partition coefficient (Wildman–Crippen LogP) is -3.82. The number of hydrogen-bond donors (Lipinski definition) is 15. The van der Waals surface area contributed by atoms with Gasteiger partial charge in [-0.25, -0.2) is 0 Å². The Morgan fingerprint density at radius 3 is 1.93 bits per heavy atom. The van der Waals surface area contributed by atoms with Crippen molar-refractivity contribution in [3.8, 4) is 0 Å². The number of hydrogen-bond acceptors (Lipinski definition) is 28. The third kappa shape index (κ3) is 10.8. The molecule has 0 amide bonds. The second-order valence-corrected chi connectivity index (χ2v) is 28.2. The Kier molecular flexibility index (Phi) is 18.6. The fourth-order valence-corrected chi connectivity index (χ4v) is 17.4. The van der Waals surface area contributed by atoms with Crippen LogP contribution in [0.15, 0.2) is 11.6 Å². The molecular weight excluding hydrogens is 1140 g/mol. The zero-order chi connectivity index (χ0) is 62.9. The van der Waals surface area contributed by atoms with Gasteiger partial charge >= 0.3 is 11.9 Å². The number of ether oxygens (including phenoxy) is 11. The van der Waals surface area contributed by atoms with E-state index in [0.717, 1.165) is 12.5 Å². The van der Waals surface area contributed by atoms with Crippen LogP contribution in [0.25, 0.3) is 0 Å². The standard InChI is InChI=1S/C58H92O28/c1-23-39(81-46-38(71)40(29(64)19-76-46)82-50-43(72)57(75,21-60)22-78-50)37(70)42(80-24(2)61)49(79-23)83-41-33(66)28(63)18-77-48(41)86-51(74)58-14-13-52(3,4)15-26(58)25-9-10-31-53(5)16-27(62)44(84-47-36(69)34(67)35(68)45(73)85-47)54(6,20-59)30(53)11-12-55(31,7)56(25,8)17-32(58)65/h9,23,26-50,59-60,62-73,75H,10-22H2,1-8H3. The largest absolute Gasteiger partial charge is 0.454 e. The zero-order valence-electron chi connectivity index (χ0n) is 49.8. The maximum absolute atomic E-state index is 15.5. The molecule has 10 rings (SSSR count). The Bertz CT molecular complexity index is 2470. The molecule has 5 saturated heterocycles. The number of esters is 2. The second-order valence-electron chi connectivity index (χ2n) is 28.2. The molecule has 0 bridgehead atoms. The Labute approximate surface area is 497 Å². The normalized spacial score (nSPS) is 54.5. The summed E-state index contributed by atoms with van der Waals surface area (Å²) in [5, 5.41) is 166. The highest BCUT2D eigenvalue weighted by Gasteiger charge is 2.73. The molecule has 32 atom stereocenters. The van der Waals surface area contributed by atoms with Crippen molar-refractivity contribution in [3.63, 3.8) is 0 Å². The van der Waals surface area contributed by atoms with Crippen LogP contribution in [-0.4, -0.2) is 269 Å². The third-order valence-corrected chi connectivity index (χ3v) is 22.5. The summed E-state index contributed by atoms with van der Waals surface area (Å²) in [4.78, 5) is 28.2. The summed E-state index contributed by atoms with van der Waals surface area (Å²) < 4.78 is 64.4. The van der Waals surface area contributed by atoms with Gasteiger partial charge in [0.25, 0.3) is 0 Å². The van der Waals surface area contributed by atoms with E-state index < -0.39 is 225 Å². The molecule has 492 valence electrons. The number of aliphatic hydroxyl groups is 15. The number of aliphatic hydroxyl groups excluding tert-OH is 14. The van der Waals surface area contributed by atoms with Crippen LogP contribution in [0.4, 0.5) is 0 Å². The van der Waals surface area contributed by atoms with Crippen LogP contribution < -0.4 is 0 Å². The van der Waals surface area contributed by atoms with Gasteiger partial charge in [-0.15, -0.1) is 0 Å². The molecule has 15 N–H and O–H groups in total. The molecule has 0 aromatic heterocycles. The second kappa shape index (κ2) is 24.0. The van der Waals surface area contributed by atoms with E-state index in [4.69, 9.17) is 52.1 Å². The Morgan fingerprint density at radius 2 is 1.27 bits per heavy atom. The number of rotatable bonds is 13. The number of carbonyl (C=O) groups excluding carboxylic acids is 2. The minimum Gasteiger partial charge on any atom is -0.454 e. The predicted molar refractivity (Wildman–Crippen MR) is 285 cm³/mol. The molecule has 5 heterocycles. The number of fused-ring (bicyclic) bond motifs is 7. The fraction of sp³-hybridized carbons (Fsp3) is 0.931. The lowest BCUT2D eigenvalue weighted by Crippen LogP contribution is -2.70. The van der Waals surface area contributed by atoms with Crippen LogP contribution >= 0.6 is 0 Å². The van der Waals surface area contributed by atoms with Crippen molar-refractivity contribution >= 4 is 11.9 Å². The van der Waals surface area contributed by atoms with Crippen LogP contribution in [0.2, 0.25) is 0 Å². The van der Waals surface area contributed by atoms with Gasteiger partial charge in [0, 0.05) is 12.3 Å². The van der Waals surface area contributed by atoms with Crippen LogP contribution in [-0.2, 0) is 61.7 Å². The summed E-state index contributed by atoms with van der Waals surface area (Å²) >= 11 is 0. The average Bonchev–Trinajstić information content (AvgIpc) is 0.744. The maximum atomic E-state index is 15.5. The summed E-state index contributed by atoms with van der Waals surface area (Å²) in [6.45, 7) is 12.0. The van der Waals surface area contributed by atoms with E-state index in [-0.39, 0.29) is 36.5 Å². The molecule has 28 heteroatoms. The summed E-state index contributed by atoms with van der Waals surface area (Å²) in [6.07, 6.45) is -32.8. The summed E-state index contributed by atoms with van der Waals surface area (Å²) in [5.41, 5.74) is -6.22. The highest BCUT2D eigenvalue weighted by molar-refractivity contribution is 5.80. The van der Waals surface area contributed by atoms with Crippen LogP contribution in [0.5, 0.6) is 0 Å². The molecule has 0 radical (unpaired) electrons. The van der Waals surface area contributed by atoms with Crippen LogP contribution in [0.1, 0.15) is 107 Å². The highest BCUT2D eigenvalue weighted by Crippen LogP contribution is 2.76. The van der Waals surface area contributed by atoms with Crippen molar-refractivity contribution in [3.05, 3.63) is 11.6 Å². The van der Waals surface area contributed by atoms with Crippen molar-refractivity contribution in [1.82, 2.24) is 0 Å². The van der Waals surface area contributed by atoms with Crippen molar-refractivity contribution < 1.29 is 138 Å². The number of allylic oxidation sites excluding steroid dienone is 2. The monoisotopic (exact) mass is 1240 g/mol. The summed E-state index contributed by atoms with van der Waals surface area (Å²) in [5.74, 6) is -2.86. The minimum atomic E-state index is -2.09. The van der Waals surface area contributed by atoms with Gasteiger partial charge in [0.2, 0.25) is 6.29 Å². The quantitative estimate of drug-likeness (QED) is 0.0477. The van der Waals surface area contributed by atoms with Crippen molar-refractivity contribution in [2.24, 2.45) is 50.2 Å². The maximum Gasteiger partial charge on any atom is 0.317 e. The first-order valence-electron chi connectivity index (χ1n) is 30.1. The molecule has 0 spiro atoms. The van der Waals surface area contributed by atoms with Crippen LogP contribution in [0.3, 0.4) is 0 Å². The van der Waals surface area contributed by atoms with Gasteiger partial charge in [-0.2, -0.15) is 0 Å². The smallest absolute Gasteiger partial charge is 0.317 e. The fourth-order valence-electron chi connectivity index (χ4n) is 17.4. The number of carbonyl (C=O) groups is 2. The SMILES string of the molecule is CC(=O)OC1C(OC2C(OC(=O)C34CCC(C)(C)CC3C3=CCC5C6(C)CC(O)C(OC7OC(O)C(O)C(O)C7O)C(C)(CO)C6CCC5(C)C3(C)CC4O)OCC(O)C2O)OC(C)C(OC2OCC(O)C(OC3OCC(O)(CO)C3O)C2O)C1O. The molecule has 4 saturated carbocycles. The first-order chi connectivity index (χ1) is 40.2. The molecule has 0 aromatic carbocycles. The Balaban J connectivity index is 0.880. The van der Waals surface area contributed by atoms with E-state index in [1.807, 2.05) is 0 Å². The highest BCUT2D eigenvalue weighted by atomic mass is 16.8. The summed E-state index contributed by atoms with van der Waals surface area (Å²) in [7, 11) is 0. The minimum absolute atomic E-state index is 0.105. The lowest BCUT2D eigenvalue weighted by Gasteiger charge is -2.72. The Morgan fingerprint density at radius 1 is 0.605 bits per heavy atom. The van der Waals surface area contributed by atoms with Crippen LogP contribution in [0, 0.1) is 50.2 Å². The van der Waals surface area contributed by atoms with Gasteiger partial charge in [0.05, 0.1) is 57.5 Å². The third-order valence-electron chi connectivity index (χ3n) is 22.5. The molecule has 9 fully saturated rings. The molecule has 32 unspecified atom stereocenters. The van der Waals surface area contributed by atoms with E-state index in [2.05, 4.69) is 40.7 Å². The van der Waals surface area contributed by atoms with E-state index in [1.54, 1.807) is 6.92 Å². The summed E-state index contributed by atoms with van der Waals surface area (Å²) in [6, 6.07) is 0. The molecule has 10 aliphatic rings. The first kappa shape index (κ1) is 66.6. The lowest BCUT2D eigenvalue weighted by molar-refractivity contribution is -0.372.